The maximum atomic E-state index is 5.75. The van der Waals surface area contributed by atoms with Gasteiger partial charge in [-0.1, -0.05) is 12.1 Å². The molecule has 1 aromatic carbocycles. The van der Waals surface area contributed by atoms with Crippen molar-refractivity contribution < 1.29 is 4.74 Å². The third kappa shape index (κ3) is 2.75. The molecule has 3 aliphatic rings. The van der Waals surface area contributed by atoms with E-state index in [9.17, 15) is 0 Å². The molecule has 0 radical (unpaired) electrons. The van der Waals surface area contributed by atoms with E-state index in [1.54, 1.807) is 0 Å². The summed E-state index contributed by atoms with van der Waals surface area (Å²) in [4.78, 5) is 5.24. The fourth-order valence-corrected chi connectivity index (χ4v) is 4.63. The molecule has 5 nitrogen and oxygen atoms in total. The van der Waals surface area contributed by atoms with E-state index < -0.39 is 0 Å². The summed E-state index contributed by atoms with van der Waals surface area (Å²) in [5.41, 5.74) is 5.38. The number of hydrogen-bond acceptors (Lipinski definition) is 4. The van der Waals surface area contributed by atoms with Crippen molar-refractivity contribution >= 4 is 0 Å². The Morgan fingerprint density at radius 2 is 2.08 bits per heavy atom. The Morgan fingerprint density at radius 1 is 1.20 bits per heavy atom. The highest BCUT2D eigenvalue weighted by atomic mass is 16.5. The predicted molar refractivity (Wildman–Crippen MR) is 96.5 cm³/mol. The molecule has 1 unspecified atom stereocenters. The van der Waals surface area contributed by atoms with E-state index in [0.717, 1.165) is 31.9 Å². The summed E-state index contributed by atoms with van der Waals surface area (Å²) in [7, 11) is 0. The summed E-state index contributed by atoms with van der Waals surface area (Å²) in [5.74, 6) is 1.10. The van der Waals surface area contributed by atoms with E-state index in [4.69, 9.17) is 4.74 Å². The number of H-pyrrole nitrogens is 1. The van der Waals surface area contributed by atoms with E-state index in [2.05, 4.69) is 51.3 Å². The second-order valence-electron chi connectivity index (χ2n) is 7.67. The highest BCUT2D eigenvalue weighted by Crippen LogP contribution is 2.33. The number of hydrogen-bond donors (Lipinski definition) is 1. The lowest BCUT2D eigenvalue weighted by atomic mass is 9.98. The molecular weight excluding hydrogens is 312 g/mol. The highest BCUT2D eigenvalue weighted by Gasteiger charge is 2.31. The van der Waals surface area contributed by atoms with Crippen LogP contribution in [0.3, 0.4) is 0 Å². The fourth-order valence-electron chi connectivity index (χ4n) is 4.63. The number of aromatic amines is 1. The molecular formula is C20H26N4O. The molecule has 0 aliphatic carbocycles. The summed E-state index contributed by atoms with van der Waals surface area (Å²) in [5, 5.41) is 7.35. The highest BCUT2D eigenvalue weighted by molar-refractivity contribution is 5.41. The minimum Gasteiger partial charge on any atom is -0.493 e. The molecule has 1 fully saturated rings. The molecule has 4 heterocycles. The van der Waals surface area contributed by atoms with Gasteiger partial charge in [-0.05, 0) is 37.0 Å². The number of benzene rings is 1. The van der Waals surface area contributed by atoms with Gasteiger partial charge in [-0.25, -0.2) is 0 Å². The molecule has 3 aliphatic heterocycles. The minimum atomic E-state index is 0.463. The van der Waals surface area contributed by atoms with E-state index in [-0.39, 0.29) is 0 Å². The van der Waals surface area contributed by atoms with E-state index in [0.29, 0.717) is 12.1 Å². The zero-order valence-corrected chi connectivity index (χ0v) is 14.9. The minimum absolute atomic E-state index is 0.463. The SMILES string of the molecule is CC(c1ccc2c(c1)OCC2)N1CCC(N2Cc3c[nH]nc3C2)CC1. The molecule has 1 aromatic heterocycles. The lowest BCUT2D eigenvalue weighted by Crippen LogP contribution is -2.43. The van der Waals surface area contributed by atoms with Gasteiger partial charge in [-0.2, -0.15) is 5.10 Å². The number of nitrogens with one attached hydrogen (secondary N) is 1. The number of aromatic nitrogens is 2. The smallest absolute Gasteiger partial charge is 0.122 e. The largest absolute Gasteiger partial charge is 0.493 e. The van der Waals surface area contributed by atoms with Crippen LogP contribution in [0.25, 0.3) is 0 Å². The Bertz CT molecular complexity index is 742. The van der Waals surface area contributed by atoms with Crippen molar-refractivity contribution in [3.8, 4) is 5.75 Å². The Hall–Kier alpha value is -1.85. The lowest BCUT2D eigenvalue weighted by Gasteiger charge is -2.39. The molecule has 2 aromatic rings. The second-order valence-corrected chi connectivity index (χ2v) is 7.67. The zero-order chi connectivity index (χ0) is 16.8. The van der Waals surface area contributed by atoms with Gasteiger partial charge in [0.15, 0.2) is 0 Å². The van der Waals surface area contributed by atoms with Crippen molar-refractivity contribution in [1.29, 1.82) is 0 Å². The first kappa shape index (κ1) is 15.4. The van der Waals surface area contributed by atoms with Crippen LogP contribution in [0.15, 0.2) is 24.4 Å². The van der Waals surface area contributed by atoms with Crippen LogP contribution in [-0.2, 0) is 19.5 Å². The molecule has 25 heavy (non-hydrogen) atoms. The lowest BCUT2D eigenvalue weighted by molar-refractivity contribution is 0.0854. The Balaban J connectivity index is 1.21. The molecule has 1 atom stereocenters. The molecule has 0 spiro atoms. The van der Waals surface area contributed by atoms with Gasteiger partial charge >= 0.3 is 0 Å². The number of likely N-dealkylation sites (tertiary alicyclic amines) is 1. The van der Waals surface area contributed by atoms with Gasteiger partial charge in [0.2, 0.25) is 0 Å². The summed E-state index contributed by atoms with van der Waals surface area (Å²) in [6.07, 6.45) is 5.62. The average Bonchev–Trinajstić information content (AvgIpc) is 3.36. The summed E-state index contributed by atoms with van der Waals surface area (Å²) < 4.78 is 5.75. The number of nitrogens with zero attached hydrogens (tertiary/aromatic N) is 3. The quantitative estimate of drug-likeness (QED) is 0.935. The maximum Gasteiger partial charge on any atom is 0.122 e. The maximum absolute atomic E-state index is 5.75. The molecule has 5 rings (SSSR count). The number of piperidine rings is 1. The normalized spacial score (nSPS) is 22.6. The van der Waals surface area contributed by atoms with Gasteiger partial charge in [0.25, 0.3) is 0 Å². The third-order valence-corrected chi connectivity index (χ3v) is 6.30. The van der Waals surface area contributed by atoms with Crippen LogP contribution in [0.4, 0.5) is 0 Å². The number of rotatable bonds is 3. The van der Waals surface area contributed by atoms with Gasteiger partial charge in [0.1, 0.15) is 5.75 Å². The first-order chi connectivity index (χ1) is 12.3. The Kier molecular flexibility index (Phi) is 3.79. The molecule has 132 valence electrons. The van der Waals surface area contributed by atoms with Crippen LogP contribution < -0.4 is 4.74 Å². The topological polar surface area (TPSA) is 44.4 Å². The van der Waals surface area contributed by atoms with E-state index >= 15 is 0 Å². The van der Waals surface area contributed by atoms with Gasteiger partial charge in [0.05, 0.1) is 12.3 Å². The van der Waals surface area contributed by atoms with Gasteiger partial charge in [-0.3, -0.25) is 14.9 Å². The Morgan fingerprint density at radius 3 is 2.92 bits per heavy atom. The van der Waals surface area contributed by atoms with Crippen LogP contribution in [-0.4, -0.2) is 45.7 Å². The van der Waals surface area contributed by atoms with Crippen molar-refractivity contribution in [2.45, 2.75) is 51.4 Å². The van der Waals surface area contributed by atoms with Crippen LogP contribution >= 0.6 is 0 Å². The molecule has 0 bridgehead atoms. The van der Waals surface area contributed by atoms with Crippen LogP contribution in [0.1, 0.15) is 48.2 Å². The van der Waals surface area contributed by atoms with Gasteiger partial charge < -0.3 is 4.74 Å². The summed E-state index contributed by atoms with van der Waals surface area (Å²) >= 11 is 0. The van der Waals surface area contributed by atoms with Crippen molar-refractivity contribution in [2.75, 3.05) is 19.7 Å². The predicted octanol–water partition coefficient (Wildman–Crippen LogP) is 2.89. The zero-order valence-electron chi connectivity index (χ0n) is 14.9. The van der Waals surface area contributed by atoms with Gasteiger partial charge in [0, 0.05) is 56.4 Å². The van der Waals surface area contributed by atoms with E-state index in [1.807, 2.05) is 0 Å². The van der Waals surface area contributed by atoms with Crippen LogP contribution in [0.5, 0.6) is 5.75 Å². The van der Waals surface area contributed by atoms with E-state index in [1.165, 1.54) is 48.3 Å². The standard InChI is InChI=1S/C20H26N4O/c1-14(16-3-2-15-6-9-25-20(15)10-16)23-7-4-18(5-8-23)24-12-17-11-21-22-19(17)13-24/h2-3,10-11,14,18H,4-9,12-13H2,1H3,(H,21,22). The molecule has 0 amide bonds. The Labute approximate surface area is 149 Å². The molecule has 0 saturated carbocycles. The van der Waals surface area contributed by atoms with Crippen LogP contribution in [0.2, 0.25) is 0 Å². The van der Waals surface area contributed by atoms with Crippen molar-refractivity contribution in [1.82, 2.24) is 20.0 Å². The van der Waals surface area contributed by atoms with Crippen molar-refractivity contribution in [2.24, 2.45) is 0 Å². The summed E-state index contributed by atoms with van der Waals surface area (Å²) in [6.45, 7) is 7.59. The summed E-state index contributed by atoms with van der Waals surface area (Å²) in [6, 6.07) is 7.97. The fraction of sp³-hybridized carbons (Fsp3) is 0.550. The third-order valence-electron chi connectivity index (χ3n) is 6.30. The van der Waals surface area contributed by atoms with Crippen molar-refractivity contribution in [3.63, 3.8) is 0 Å². The van der Waals surface area contributed by atoms with Gasteiger partial charge in [-0.15, -0.1) is 0 Å². The molecule has 1 saturated heterocycles. The number of ether oxygens (including phenoxy) is 1. The average molecular weight is 338 g/mol. The molecule has 5 heteroatoms. The van der Waals surface area contributed by atoms with Crippen molar-refractivity contribution in [3.05, 3.63) is 46.8 Å². The second kappa shape index (κ2) is 6.15. The first-order valence-corrected chi connectivity index (χ1v) is 9.53. The monoisotopic (exact) mass is 338 g/mol. The van der Waals surface area contributed by atoms with Crippen LogP contribution in [0, 0.1) is 0 Å². The number of fused-ring (bicyclic) bond motifs is 2. The first-order valence-electron chi connectivity index (χ1n) is 9.53. The molecule has 1 N–H and O–H groups in total.